The van der Waals surface area contributed by atoms with Gasteiger partial charge < -0.3 is 14.9 Å². The number of fused-ring (bicyclic) bond motifs is 1. The highest BCUT2D eigenvalue weighted by molar-refractivity contribution is 7.99. The van der Waals surface area contributed by atoms with E-state index in [9.17, 15) is 4.79 Å². The average Bonchev–Trinajstić information content (AvgIpc) is 3.15. The maximum Gasteiger partial charge on any atom is 0.231 e. The van der Waals surface area contributed by atoms with Crippen molar-refractivity contribution in [3.8, 4) is 0 Å². The number of hydrogen-bond acceptors (Lipinski definition) is 4. The molecular weight excluding hydrogens is 334 g/mol. The molecule has 132 valence electrons. The van der Waals surface area contributed by atoms with Crippen LogP contribution in [0.25, 0.3) is 11.0 Å². The number of imidazole rings is 2. The number of thioether (sulfide) groups is 1. The van der Waals surface area contributed by atoms with Crippen molar-refractivity contribution in [2.24, 2.45) is 13.0 Å². The van der Waals surface area contributed by atoms with Crippen LogP contribution in [0, 0.1) is 12.8 Å². The van der Waals surface area contributed by atoms with Gasteiger partial charge in [0.15, 0.2) is 5.16 Å². The quantitative estimate of drug-likeness (QED) is 0.664. The van der Waals surface area contributed by atoms with Gasteiger partial charge in [0, 0.05) is 19.4 Å². The third-order valence-corrected chi connectivity index (χ3v) is 5.10. The Morgan fingerprint density at radius 1 is 1.40 bits per heavy atom. The summed E-state index contributed by atoms with van der Waals surface area (Å²) in [4.78, 5) is 24.6. The summed E-state index contributed by atoms with van der Waals surface area (Å²) in [6.45, 7) is 6.21. The second-order valence-corrected chi connectivity index (χ2v) is 7.48. The Morgan fingerprint density at radius 2 is 2.20 bits per heavy atom. The zero-order valence-corrected chi connectivity index (χ0v) is 15.7. The number of nitrogens with zero attached hydrogens (tertiary/aromatic N) is 3. The molecule has 2 N–H and O–H groups in total. The molecule has 0 spiro atoms. The Kier molecular flexibility index (Phi) is 5.13. The van der Waals surface area contributed by atoms with Crippen molar-refractivity contribution in [1.82, 2.24) is 24.8 Å². The van der Waals surface area contributed by atoms with Crippen LogP contribution in [0.3, 0.4) is 0 Å². The number of H-pyrrole nitrogens is 1. The maximum absolute atomic E-state index is 12.4. The van der Waals surface area contributed by atoms with Gasteiger partial charge >= 0.3 is 0 Å². The minimum absolute atomic E-state index is 0.0247. The van der Waals surface area contributed by atoms with Crippen molar-refractivity contribution in [3.63, 3.8) is 0 Å². The fourth-order valence-electron chi connectivity index (χ4n) is 2.68. The third kappa shape index (κ3) is 4.04. The minimum atomic E-state index is -0.151. The summed E-state index contributed by atoms with van der Waals surface area (Å²) < 4.78 is 1.90. The first-order valence-electron chi connectivity index (χ1n) is 8.30. The summed E-state index contributed by atoms with van der Waals surface area (Å²) in [7, 11) is 1.92. The molecule has 25 heavy (non-hydrogen) atoms. The number of aromatic amines is 1. The lowest BCUT2D eigenvalue weighted by molar-refractivity contribution is -0.119. The summed E-state index contributed by atoms with van der Waals surface area (Å²) in [5.74, 6) is 1.32. The Hall–Kier alpha value is -2.28. The Balaban J connectivity index is 1.71. The number of carbonyl (C=O) groups excluding carboxylic acids is 1. The summed E-state index contributed by atoms with van der Waals surface area (Å²) in [5.41, 5.74) is 3.10. The molecule has 0 radical (unpaired) electrons. The lowest BCUT2D eigenvalue weighted by Gasteiger charge is -2.20. The van der Waals surface area contributed by atoms with Gasteiger partial charge in [0.05, 0.1) is 22.8 Å². The van der Waals surface area contributed by atoms with E-state index in [-0.39, 0.29) is 17.9 Å². The van der Waals surface area contributed by atoms with E-state index < -0.39 is 0 Å². The number of hydrogen-bond donors (Lipinski definition) is 2. The molecule has 0 fully saturated rings. The largest absolute Gasteiger partial charge is 0.345 e. The van der Waals surface area contributed by atoms with Crippen LogP contribution in [0.2, 0.25) is 0 Å². The molecule has 3 rings (SSSR count). The highest BCUT2D eigenvalue weighted by atomic mass is 32.2. The first-order chi connectivity index (χ1) is 11.9. The van der Waals surface area contributed by atoms with Crippen LogP contribution >= 0.6 is 11.8 Å². The molecule has 0 aliphatic heterocycles. The first-order valence-corrected chi connectivity index (χ1v) is 9.28. The summed E-state index contributed by atoms with van der Waals surface area (Å²) in [5, 5.41) is 3.93. The van der Waals surface area contributed by atoms with Gasteiger partial charge in [-0.25, -0.2) is 9.97 Å². The van der Waals surface area contributed by atoms with Gasteiger partial charge in [-0.15, -0.1) is 0 Å². The zero-order chi connectivity index (χ0) is 18.0. The molecule has 0 aliphatic carbocycles. The van der Waals surface area contributed by atoms with E-state index in [1.165, 1.54) is 17.3 Å². The van der Waals surface area contributed by atoms with Gasteiger partial charge in [-0.1, -0.05) is 31.7 Å². The highest BCUT2D eigenvalue weighted by Gasteiger charge is 2.22. The smallest absolute Gasteiger partial charge is 0.231 e. The van der Waals surface area contributed by atoms with Gasteiger partial charge in [-0.3, -0.25) is 4.79 Å². The van der Waals surface area contributed by atoms with E-state index in [2.05, 4.69) is 47.1 Å². The molecule has 0 bridgehead atoms. The number of aryl methyl sites for hydroxylation is 2. The standard InChI is InChI=1S/C18H23N5OS/c1-11(2)16(17-20-13-6-5-12(3)9-14(13)21-17)22-15(24)10-25-18-19-7-8-23(18)4/h5-9,11,16H,10H2,1-4H3,(H,20,21)(H,22,24)/t16-/m1/s1. The molecular formula is C18H23N5OS. The third-order valence-electron chi connectivity index (χ3n) is 4.04. The van der Waals surface area contributed by atoms with Crippen LogP contribution in [-0.2, 0) is 11.8 Å². The zero-order valence-electron chi connectivity index (χ0n) is 14.9. The van der Waals surface area contributed by atoms with Gasteiger partial charge in [-0.05, 0) is 30.5 Å². The molecule has 6 nitrogen and oxygen atoms in total. The predicted molar refractivity (Wildman–Crippen MR) is 100 cm³/mol. The topological polar surface area (TPSA) is 75.6 Å². The maximum atomic E-state index is 12.4. The molecule has 0 aliphatic rings. The average molecular weight is 357 g/mol. The van der Waals surface area contributed by atoms with Crippen LogP contribution in [-0.4, -0.2) is 31.2 Å². The molecule has 2 heterocycles. The molecule has 3 aromatic rings. The molecule has 0 saturated carbocycles. The lowest BCUT2D eigenvalue weighted by atomic mass is 10.0. The Labute approximate surface area is 151 Å². The molecule has 1 aromatic carbocycles. The van der Waals surface area contributed by atoms with Crippen molar-refractivity contribution >= 4 is 28.7 Å². The number of rotatable bonds is 6. The van der Waals surface area contributed by atoms with E-state index in [1.807, 2.05) is 29.9 Å². The lowest BCUT2D eigenvalue weighted by Crippen LogP contribution is -2.33. The number of nitrogens with one attached hydrogen (secondary N) is 2. The fraction of sp³-hybridized carbons (Fsp3) is 0.389. The van der Waals surface area contributed by atoms with Gasteiger partial charge in [0.25, 0.3) is 0 Å². The van der Waals surface area contributed by atoms with Gasteiger partial charge in [0.2, 0.25) is 5.91 Å². The normalized spacial score (nSPS) is 12.7. The Morgan fingerprint density at radius 3 is 2.88 bits per heavy atom. The Bertz CT molecular complexity index is 883. The first kappa shape index (κ1) is 17.5. The fourth-order valence-corrected chi connectivity index (χ4v) is 3.42. The summed E-state index contributed by atoms with van der Waals surface area (Å²) >= 11 is 1.43. The van der Waals surface area contributed by atoms with E-state index >= 15 is 0 Å². The highest BCUT2D eigenvalue weighted by Crippen LogP contribution is 2.23. The summed E-state index contributed by atoms with van der Waals surface area (Å²) in [6.07, 6.45) is 3.60. The number of benzene rings is 1. The number of amides is 1. The van der Waals surface area contributed by atoms with Crippen molar-refractivity contribution < 1.29 is 4.79 Å². The minimum Gasteiger partial charge on any atom is -0.345 e. The molecule has 2 aromatic heterocycles. The van der Waals surface area contributed by atoms with E-state index in [0.29, 0.717) is 5.75 Å². The second kappa shape index (κ2) is 7.31. The number of carbonyl (C=O) groups is 1. The molecule has 1 amide bonds. The van der Waals surface area contributed by atoms with Crippen LogP contribution in [0.1, 0.15) is 31.3 Å². The van der Waals surface area contributed by atoms with Gasteiger partial charge in [-0.2, -0.15) is 0 Å². The molecule has 0 saturated heterocycles. The summed E-state index contributed by atoms with van der Waals surface area (Å²) in [6, 6.07) is 5.96. The van der Waals surface area contributed by atoms with Crippen LogP contribution < -0.4 is 5.32 Å². The second-order valence-electron chi connectivity index (χ2n) is 6.54. The number of aromatic nitrogens is 4. The van der Waals surface area contributed by atoms with Crippen molar-refractivity contribution in [1.29, 1.82) is 0 Å². The molecule has 1 atom stereocenters. The van der Waals surface area contributed by atoms with E-state index in [1.54, 1.807) is 6.20 Å². The SMILES string of the molecule is Cc1ccc2nc([C@H](NC(=O)CSc3nccn3C)C(C)C)[nH]c2c1. The van der Waals surface area contributed by atoms with Crippen molar-refractivity contribution in [2.75, 3.05) is 5.75 Å². The van der Waals surface area contributed by atoms with Crippen molar-refractivity contribution in [2.45, 2.75) is 32.0 Å². The monoisotopic (exact) mass is 357 g/mol. The van der Waals surface area contributed by atoms with Crippen molar-refractivity contribution in [3.05, 3.63) is 42.0 Å². The van der Waals surface area contributed by atoms with Crippen LogP contribution in [0.5, 0.6) is 0 Å². The molecule has 7 heteroatoms. The van der Waals surface area contributed by atoms with Crippen LogP contribution in [0.4, 0.5) is 0 Å². The molecule has 0 unspecified atom stereocenters. The van der Waals surface area contributed by atoms with Crippen LogP contribution in [0.15, 0.2) is 35.7 Å². The van der Waals surface area contributed by atoms with E-state index in [0.717, 1.165) is 22.0 Å². The predicted octanol–water partition coefficient (Wildman–Crippen LogP) is 3.21. The van der Waals surface area contributed by atoms with Gasteiger partial charge in [0.1, 0.15) is 5.82 Å². The van der Waals surface area contributed by atoms with E-state index in [4.69, 9.17) is 0 Å².